The van der Waals surface area contributed by atoms with Crippen LogP contribution in [-0.2, 0) is 49.5 Å². The molecule has 0 radical (unpaired) electrons. The van der Waals surface area contributed by atoms with Gasteiger partial charge in [-0.05, 0) is 63.8 Å². The first-order valence-corrected chi connectivity index (χ1v) is 21.3. The Morgan fingerprint density at radius 2 is 1.02 bits per heavy atom. The molecule has 0 spiro atoms. The fourth-order valence-electron chi connectivity index (χ4n) is 5.72. The first kappa shape index (κ1) is 52.5. The van der Waals surface area contributed by atoms with E-state index in [1.54, 1.807) is 0 Å². The zero-order valence-corrected chi connectivity index (χ0v) is 35.0. The summed E-state index contributed by atoms with van der Waals surface area (Å²) < 4.78 is 23.2. The van der Waals surface area contributed by atoms with Gasteiger partial charge < -0.3 is 57.4 Å². The highest BCUT2D eigenvalue weighted by Crippen LogP contribution is 2.14. The zero-order chi connectivity index (χ0) is 42.4. The van der Waals surface area contributed by atoms with Crippen LogP contribution in [-0.4, -0.2) is 120 Å². The molecular formula is C42H75N7O9. The predicted octanol–water partition coefficient (Wildman–Crippen LogP) is 2.14. The van der Waals surface area contributed by atoms with Crippen LogP contribution in [0.5, 0.6) is 0 Å². The van der Waals surface area contributed by atoms with Crippen molar-refractivity contribution in [1.82, 2.24) is 21.3 Å². The molecular weight excluding hydrogens is 747 g/mol. The molecule has 0 saturated heterocycles. The summed E-state index contributed by atoms with van der Waals surface area (Å²) in [4.78, 5) is 62.4. The average Bonchev–Trinajstić information content (AvgIpc) is 3.22. The first-order chi connectivity index (χ1) is 28.2. The Bertz CT molecular complexity index is 1200. The number of nitrogens with two attached hydrogens (primary N) is 3. The maximum absolute atomic E-state index is 13.4. The molecule has 0 fully saturated rings. The molecule has 0 heterocycles. The van der Waals surface area contributed by atoms with Crippen molar-refractivity contribution in [2.75, 3.05) is 85.5 Å². The summed E-state index contributed by atoms with van der Waals surface area (Å²) in [6, 6.07) is 9.65. The molecule has 16 heteroatoms. The fourth-order valence-corrected chi connectivity index (χ4v) is 5.72. The summed E-state index contributed by atoms with van der Waals surface area (Å²) in [5, 5.41) is 11.8. The van der Waals surface area contributed by atoms with Crippen LogP contribution in [0.15, 0.2) is 30.3 Å². The van der Waals surface area contributed by atoms with Crippen LogP contribution in [0.4, 0.5) is 0 Å². The van der Waals surface area contributed by atoms with E-state index in [0.29, 0.717) is 71.6 Å². The van der Waals surface area contributed by atoms with Gasteiger partial charge in [0.1, 0.15) is 17.9 Å². The summed E-state index contributed by atoms with van der Waals surface area (Å²) in [6.45, 7) is 3.89. The number of Topliss-reactive ketones (excluding diaryl/α,β-unsaturated/α-hetero) is 1. The Labute approximate surface area is 346 Å². The average molecular weight is 822 g/mol. The van der Waals surface area contributed by atoms with Crippen molar-refractivity contribution < 1.29 is 42.9 Å². The summed E-state index contributed by atoms with van der Waals surface area (Å²) in [7, 11) is 0. The Hall–Kier alpha value is -3.51. The maximum Gasteiger partial charge on any atom is 0.306 e. The van der Waals surface area contributed by atoms with E-state index in [-0.39, 0.29) is 101 Å². The van der Waals surface area contributed by atoms with E-state index < -0.39 is 5.54 Å². The highest BCUT2D eigenvalue weighted by atomic mass is 16.5. The number of unbranched alkanes of at least 4 members (excludes halogenated alkanes) is 7. The number of benzene rings is 1. The second-order valence-electron chi connectivity index (χ2n) is 14.6. The SMILES string of the molecule is NCCCNCC(=O)CCOCC(COCCC(=O)NCCCN)(COCCC(=O)NCCCN)NC(=O)CCCCCCCCCCC(=O)OCc1ccccc1. The van der Waals surface area contributed by atoms with Gasteiger partial charge in [-0.25, -0.2) is 0 Å². The normalized spacial score (nSPS) is 11.3. The van der Waals surface area contributed by atoms with E-state index in [2.05, 4.69) is 21.3 Å². The van der Waals surface area contributed by atoms with Crippen molar-refractivity contribution in [1.29, 1.82) is 0 Å². The number of rotatable bonds is 40. The number of ether oxygens (including phenoxy) is 4. The molecule has 0 saturated carbocycles. The number of hydrogen-bond acceptors (Lipinski definition) is 13. The van der Waals surface area contributed by atoms with Crippen molar-refractivity contribution in [2.45, 2.75) is 115 Å². The van der Waals surface area contributed by atoms with Crippen LogP contribution < -0.4 is 38.5 Å². The Morgan fingerprint density at radius 3 is 1.55 bits per heavy atom. The van der Waals surface area contributed by atoms with Gasteiger partial charge in [0.15, 0.2) is 0 Å². The standard InChI is InChI=1S/C42H75N7O9/c43-22-12-25-46-31-37(50)19-28-55-33-42(34-56-29-20-38(51)47-26-13-23-44,35-57-30-21-39(52)48-27-14-24-45)49-40(53)17-10-5-3-1-2-4-6-11-18-41(54)58-32-36-15-8-7-9-16-36/h7-9,15-16,46H,1-6,10-14,17-35,43-45H2,(H,47,51)(H,48,52)(H,49,53). The highest BCUT2D eigenvalue weighted by molar-refractivity contribution is 5.80. The number of ketones is 1. The van der Waals surface area contributed by atoms with Gasteiger partial charge in [0, 0.05) is 45.2 Å². The predicted molar refractivity (Wildman–Crippen MR) is 224 cm³/mol. The van der Waals surface area contributed by atoms with E-state index in [0.717, 1.165) is 56.9 Å². The summed E-state index contributed by atoms with van der Waals surface area (Å²) >= 11 is 0. The lowest BCUT2D eigenvalue weighted by molar-refractivity contribution is -0.145. The van der Waals surface area contributed by atoms with Gasteiger partial charge in [-0.1, -0.05) is 68.9 Å². The third kappa shape index (κ3) is 30.6. The second-order valence-corrected chi connectivity index (χ2v) is 14.6. The molecule has 58 heavy (non-hydrogen) atoms. The number of nitrogens with one attached hydrogen (secondary N) is 4. The molecule has 0 bridgehead atoms. The van der Waals surface area contributed by atoms with Crippen LogP contribution in [0.2, 0.25) is 0 Å². The third-order valence-electron chi connectivity index (χ3n) is 9.08. The second kappa shape index (κ2) is 36.6. The molecule has 0 aliphatic heterocycles. The zero-order valence-electron chi connectivity index (χ0n) is 35.0. The Balaban J connectivity index is 2.66. The minimum absolute atomic E-state index is 0.0111. The van der Waals surface area contributed by atoms with E-state index in [9.17, 15) is 24.0 Å². The molecule has 0 aliphatic carbocycles. The molecule has 16 nitrogen and oxygen atoms in total. The van der Waals surface area contributed by atoms with Crippen LogP contribution in [0.25, 0.3) is 0 Å². The summed E-state index contributed by atoms with van der Waals surface area (Å²) in [5.74, 6) is -0.729. The maximum atomic E-state index is 13.4. The van der Waals surface area contributed by atoms with Gasteiger partial charge in [-0.3, -0.25) is 24.0 Å². The Kier molecular flexibility index (Phi) is 33.1. The molecule has 0 atom stereocenters. The lowest BCUT2D eigenvalue weighted by Gasteiger charge is -2.34. The number of amides is 3. The van der Waals surface area contributed by atoms with Gasteiger partial charge in [0.2, 0.25) is 17.7 Å². The topological polar surface area (TPSA) is 248 Å². The number of esters is 1. The molecule has 332 valence electrons. The van der Waals surface area contributed by atoms with Crippen LogP contribution in [0, 0.1) is 0 Å². The number of carbonyl (C=O) groups excluding carboxylic acids is 5. The van der Waals surface area contributed by atoms with Gasteiger partial charge in [0.25, 0.3) is 0 Å². The number of carbonyl (C=O) groups is 5. The van der Waals surface area contributed by atoms with Crippen molar-refractivity contribution in [3.8, 4) is 0 Å². The molecule has 10 N–H and O–H groups in total. The molecule has 1 rings (SSSR count). The minimum atomic E-state index is -1.14. The highest BCUT2D eigenvalue weighted by Gasteiger charge is 2.34. The van der Waals surface area contributed by atoms with E-state index in [4.69, 9.17) is 36.1 Å². The third-order valence-corrected chi connectivity index (χ3v) is 9.08. The number of hydrogen-bond donors (Lipinski definition) is 7. The van der Waals surface area contributed by atoms with Crippen LogP contribution in [0.1, 0.15) is 108 Å². The van der Waals surface area contributed by atoms with Gasteiger partial charge >= 0.3 is 5.97 Å². The van der Waals surface area contributed by atoms with E-state index in [1.165, 1.54) is 0 Å². The Morgan fingerprint density at radius 1 is 0.534 bits per heavy atom. The molecule has 0 aliphatic rings. The smallest absolute Gasteiger partial charge is 0.306 e. The quantitative estimate of drug-likeness (QED) is 0.0371. The minimum Gasteiger partial charge on any atom is -0.461 e. The lowest BCUT2D eigenvalue weighted by atomic mass is 10.0. The van der Waals surface area contributed by atoms with E-state index >= 15 is 0 Å². The van der Waals surface area contributed by atoms with Crippen molar-refractivity contribution in [3.05, 3.63) is 35.9 Å². The van der Waals surface area contributed by atoms with E-state index in [1.807, 2.05) is 30.3 Å². The monoisotopic (exact) mass is 822 g/mol. The van der Waals surface area contributed by atoms with Crippen LogP contribution >= 0.6 is 0 Å². The molecule has 1 aromatic carbocycles. The molecule has 0 aromatic heterocycles. The molecule has 1 aromatic rings. The van der Waals surface area contributed by atoms with Crippen molar-refractivity contribution in [2.24, 2.45) is 17.2 Å². The fraction of sp³-hybridized carbons (Fsp3) is 0.738. The molecule has 3 amide bonds. The van der Waals surface area contributed by atoms with Gasteiger partial charge in [0.05, 0.1) is 46.2 Å². The van der Waals surface area contributed by atoms with Crippen molar-refractivity contribution in [3.63, 3.8) is 0 Å². The molecule has 0 unspecified atom stereocenters. The summed E-state index contributed by atoms with van der Waals surface area (Å²) in [6.07, 6.45) is 10.7. The van der Waals surface area contributed by atoms with Gasteiger partial charge in [-0.15, -0.1) is 0 Å². The first-order valence-electron chi connectivity index (χ1n) is 21.3. The summed E-state index contributed by atoms with van der Waals surface area (Å²) in [5.41, 5.74) is 16.4. The largest absolute Gasteiger partial charge is 0.461 e. The van der Waals surface area contributed by atoms with Crippen molar-refractivity contribution >= 4 is 29.5 Å². The van der Waals surface area contributed by atoms with Crippen LogP contribution in [0.3, 0.4) is 0 Å². The lowest BCUT2D eigenvalue weighted by Crippen LogP contribution is -2.58. The van der Waals surface area contributed by atoms with Gasteiger partial charge in [-0.2, -0.15) is 0 Å².